The second kappa shape index (κ2) is 3.89. The quantitative estimate of drug-likeness (QED) is 0.755. The molecule has 1 aliphatic heterocycles. The molecule has 1 aliphatic carbocycles. The van der Waals surface area contributed by atoms with Gasteiger partial charge in [-0.25, -0.2) is 0 Å². The number of hydrogen-bond donors (Lipinski definition) is 1. The van der Waals surface area contributed by atoms with E-state index in [0.29, 0.717) is 12.5 Å². The third-order valence-corrected chi connectivity index (χ3v) is 3.68. The molecule has 0 spiro atoms. The Balaban J connectivity index is 2.00. The van der Waals surface area contributed by atoms with Gasteiger partial charge in [0.25, 0.3) is 0 Å². The molecule has 1 N–H and O–H groups in total. The number of ether oxygens (including phenoxy) is 1. The highest BCUT2D eigenvalue weighted by Gasteiger charge is 2.43. The first kappa shape index (κ1) is 9.97. The predicted molar refractivity (Wildman–Crippen MR) is 52.1 cm³/mol. The molecule has 1 heterocycles. The van der Waals surface area contributed by atoms with Crippen LogP contribution < -0.4 is 0 Å². The van der Waals surface area contributed by atoms with E-state index >= 15 is 0 Å². The lowest BCUT2D eigenvalue weighted by molar-refractivity contribution is -0.160. The topological polar surface area (TPSA) is 46.5 Å². The Morgan fingerprint density at radius 1 is 1.43 bits per heavy atom. The summed E-state index contributed by atoms with van der Waals surface area (Å²) in [7, 11) is 0. The number of carbonyl (C=O) groups is 1. The van der Waals surface area contributed by atoms with Gasteiger partial charge in [-0.1, -0.05) is 19.3 Å². The smallest absolute Gasteiger partial charge is 0.311 e. The van der Waals surface area contributed by atoms with Crippen LogP contribution in [0.25, 0.3) is 0 Å². The van der Waals surface area contributed by atoms with E-state index in [1.54, 1.807) is 0 Å². The number of aliphatic carboxylic acids is 1. The minimum absolute atomic E-state index is 0.429. The molecule has 1 saturated carbocycles. The highest BCUT2D eigenvalue weighted by molar-refractivity contribution is 5.75. The summed E-state index contributed by atoms with van der Waals surface area (Å²) in [5.41, 5.74) is -0.552. The maximum absolute atomic E-state index is 11.3. The Bertz CT molecular complexity index is 215. The van der Waals surface area contributed by atoms with Gasteiger partial charge in [-0.3, -0.25) is 4.79 Å². The fourth-order valence-corrected chi connectivity index (χ4v) is 2.52. The molecule has 0 aromatic heterocycles. The van der Waals surface area contributed by atoms with Crippen molar-refractivity contribution in [2.75, 3.05) is 13.2 Å². The molecule has 2 fully saturated rings. The van der Waals surface area contributed by atoms with Crippen molar-refractivity contribution < 1.29 is 14.6 Å². The van der Waals surface area contributed by atoms with Gasteiger partial charge in [0, 0.05) is 6.61 Å². The maximum atomic E-state index is 11.3. The van der Waals surface area contributed by atoms with E-state index in [9.17, 15) is 9.90 Å². The SMILES string of the molecule is O=C(O)C1(CC2CCC2)CCCOC1. The van der Waals surface area contributed by atoms with Crippen molar-refractivity contribution in [3.8, 4) is 0 Å². The van der Waals surface area contributed by atoms with Crippen LogP contribution in [0.15, 0.2) is 0 Å². The van der Waals surface area contributed by atoms with Gasteiger partial charge >= 0.3 is 5.97 Å². The van der Waals surface area contributed by atoms with E-state index in [2.05, 4.69) is 0 Å². The van der Waals surface area contributed by atoms with E-state index in [4.69, 9.17) is 4.74 Å². The third kappa shape index (κ3) is 1.78. The van der Waals surface area contributed by atoms with Crippen LogP contribution in [0, 0.1) is 11.3 Å². The molecule has 1 atom stereocenters. The summed E-state index contributed by atoms with van der Waals surface area (Å²) < 4.78 is 5.34. The molecule has 14 heavy (non-hydrogen) atoms. The van der Waals surface area contributed by atoms with Crippen molar-refractivity contribution in [1.29, 1.82) is 0 Å². The van der Waals surface area contributed by atoms with Crippen LogP contribution in [-0.4, -0.2) is 24.3 Å². The molecular formula is C11H18O3. The summed E-state index contributed by atoms with van der Waals surface area (Å²) in [5, 5.41) is 9.28. The van der Waals surface area contributed by atoms with Gasteiger partial charge in [-0.2, -0.15) is 0 Å². The molecule has 0 bridgehead atoms. The Kier molecular flexibility index (Phi) is 2.77. The molecule has 0 aromatic carbocycles. The van der Waals surface area contributed by atoms with Crippen LogP contribution >= 0.6 is 0 Å². The van der Waals surface area contributed by atoms with Crippen molar-refractivity contribution in [1.82, 2.24) is 0 Å². The summed E-state index contributed by atoms with van der Waals surface area (Å²) in [6, 6.07) is 0. The van der Waals surface area contributed by atoms with E-state index < -0.39 is 11.4 Å². The van der Waals surface area contributed by atoms with E-state index in [1.807, 2.05) is 0 Å². The largest absolute Gasteiger partial charge is 0.481 e. The predicted octanol–water partition coefficient (Wildman–Crippen LogP) is 2.06. The number of carboxylic acid groups (broad SMARTS) is 1. The first-order valence-corrected chi connectivity index (χ1v) is 5.54. The summed E-state index contributed by atoms with van der Waals surface area (Å²) >= 11 is 0. The van der Waals surface area contributed by atoms with Crippen LogP contribution in [0.2, 0.25) is 0 Å². The first-order chi connectivity index (χ1) is 6.73. The van der Waals surface area contributed by atoms with E-state index in [-0.39, 0.29) is 0 Å². The second-order valence-electron chi connectivity index (χ2n) is 4.74. The summed E-state index contributed by atoms with van der Waals surface area (Å²) in [6.07, 6.45) is 6.26. The van der Waals surface area contributed by atoms with Gasteiger partial charge in [-0.15, -0.1) is 0 Å². The second-order valence-corrected chi connectivity index (χ2v) is 4.74. The summed E-state index contributed by atoms with van der Waals surface area (Å²) in [6.45, 7) is 1.17. The van der Waals surface area contributed by atoms with E-state index in [1.165, 1.54) is 19.3 Å². The molecule has 1 saturated heterocycles. The number of hydrogen-bond acceptors (Lipinski definition) is 2. The van der Waals surface area contributed by atoms with Gasteiger partial charge in [-0.05, 0) is 25.2 Å². The van der Waals surface area contributed by atoms with Gasteiger partial charge < -0.3 is 9.84 Å². The number of rotatable bonds is 3. The van der Waals surface area contributed by atoms with Crippen LogP contribution in [0.5, 0.6) is 0 Å². The molecule has 0 aromatic rings. The number of carboxylic acids is 1. The Labute approximate surface area is 84.4 Å². The summed E-state index contributed by atoms with van der Waals surface area (Å²) in [4.78, 5) is 11.3. The summed E-state index contributed by atoms with van der Waals surface area (Å²) in [5.74, 6) is -0.00287. The lowest BCUT2D eigenvalue weighted by Gasteiger charge is -2.38. The Morgan fingerprint density at radius 3 is 2.64 bits per heavy atom. The van der Waals surface area contributed by atoms with Crippen molar-refractivity contribution in [3.05, 3.63) is 0 Å². The zero-order valence-corrected chi connectivity index (χ0v) is 8.50. The van der Waals surface area contributed by atoms with Gasteiger partial charge in [0.2, 0.25) is 0 Å². The normalized spacial score (nSPS) is 33.7. The average molecular weight is 198 g/mol. The molecule has 1 unspecified atom stereocenters. The fraction of sp³-hybridized carbons (Fsp3) is 0.909. The molecule has 0 amide bonds. The third-order valence-electron chi connectivity index (χ3n) is 3.68. The molecule has 3 nitrogen and oxygen atoms in total. The zero-order chi connectivity index (χ0) is 10.0. The lowest BCUT2D eigenvalue weighted by atomic mass is 9.69. The molecule has 3 heteroatoms. The lowest BCUT2D eigenvalue weighted by Crippen LogP contribution is -2.41. The monoisotopic (exact) mass is 198 g/mol. The van der Waals surface area contributed by atoms with Crippen molar-refractivity contribution in [2.24, 2.45) is 11.3 Å². The van der Waals surface area contributed by atoms with Gasteiger partial charge in [0.1, 0.15) is 0 Å². The van der Waals surface area contributed by atoms with Crippen molar-refractivity contribution in [2.45, 2.75) is 38.5 Å². The Hall–Kier alpha value is -0.570. The van der Waals surface area contributed by atoms with Crippen LogP contribution in [-0.2, 0) is 9.53 Å². The average Bonchev–Trinajstić information content (AvgIpc) is 2.13. The van der Waals surface area contributed by atoms with Gasteiger partial charge in [0.05, 0.1) is 12.0 Å². The zero-order valence-electron chi connectivity index (χ0n) is 8.50. The van der Waals surface area contributed by atoms with Crippen LogP contribution in [0.4, 0.5) is 0 Å². The minimum atomic E-state index is -0.649. The van der Waals surface area contributed by atoms with Crippen LogP contribution in [0.3, 0.4) is 0 Å². The van der Waals surface area contributed by atoms with Crippen molar-refractivity contribution in [3.63, 3.8) is 0 Å². The minimum Gasteiger partial charge on any atom is -0.481 e. The molecule has 2 rings (SSSR count). The maximum Gasteiger partial charge on any atom is 0.311 e. The highest BCUT2D eigenvalue weighted by Crippen LogP contribution is 2.42. The van der Waals surface area contributed by atoms with Crippen molar-refractivity contribution >= 4 is 5.97 Å². The molecule has 0 radical (unpaired) electrons. The molecule has 2 aliphatic rings. The fourth-order valence-electron chi connectivity index (χ4n) is 2.52. The first-order valence-electron chi connectivity index (χ1n) is 5.54. The molecular weight excluding hydrogens is 180 g/mol. The standard InChI is InChI=1S/C11H18O3/c12-10(13)11(5-2-6-14-8-11)7-9-3-1-4-9/h9H,1-8H2,(H,12,13). The van der Waals surface area contributed by atoms with Gasteiger partial charge in [0.15, 0.2) is 0 Å². The van der Waals surface area contributed by atoms with Crippen LogP contribution in [0.1, 0.15) is 38.5 Å². The highest BCUT2D eigenvalue weighted by atomic mass is 16.5. The Morgan fingerprint density at radius 2 is 2.21 bits per heavy atom. The van der Waals surface area contributed by atoms with E-state index in [0.717, 1.165) is 25.9 Å². The molecule has 80 valence electrons.